The van der Waals surface area contributed by atoms with Crippen molar-refractivity contribution in [3.8, 4) is 5.88 Å². The number of carbonyl (C=O) groups is 2. The number of ether oxygens (including phenoxy) is 2. The molecule has 0 bridgehead atoms. The fourth-order valence-electron chi connectivity index (χ4n) is 2.62. The summed E-state index contributed by atoms with van der Waals surface area (Å²) in [7, 11) is 5.17. The lowest BCUT2D eigenvalue weighted by Crippen LogP contribution is -2.53. The van der Waals surface area contributed by atoms with Crippen LogP contribution in [0.5, 0.6) is 5.88 Å². The Balaban J connectivity index is 0.000000970. The van der Waals surface area contributed by atoms with Gasteiger partial charge in [0.15, 0.2) is 0 Å². The van der Waals surface area contributed by atoms with Crippen LogP contribution in [0, 0.1) is 0 Å². The summed E-state index contributed by atoms with van der Waals surface area (Å²) in [6, 6.07) is -0.0530. The SMILES string of the molecule is COc1nn(C)cc1C(=O)N1CCOCC1CN(C)CCO.O=CO. The van der Waals surface area contributed by atoms with E-state index in [1.165, 1.54) is 7.11 Å². The van der Waals surface area contributed by atoms with Crippen LogP contribution in [-0.4, -0.2) is 102 Å². The smallest absolute Gasteiger partial charge is 0.290 e. The molecule has 2 N–H and O–H groups in total. The largest absolute Gasteiger partial charge is 0.483 e. The Morgan fingerprint density at radius 1 is 1.60 bits per heavy atom. The van der Waals surface area contributed by atoms with Crippen LogP contribution in [0.1, 0.15) is 10.4 Å². The van der Waals surface area contributed by atoms with Crippen LogP contribution in [0.3, 0.4) is 0 Å². The summed E-state index contributed by atoms with van der Waals surface area (Å²) in [4.78, 5) is 25.0. The van der Waals surface area contributed by atoms with Gasteiger partial charge in [-0.2, -0.15) is 0 Å². The van der Waals surface area contributed by atoms with Gasteiger partial charge in [0, 0.05) is 32.9 Å². The van der Waals surface area contributed by atoms with Gasteiger partial charge in [-0.05, 0) is 7.05 Å². The minimum atomic E-state index is -0.250. The predicted octanol–water partition coefficient (Wildman–Crippen LogP) is -1.11. The normalized spacial score (nSPS) is 17.0. The minimum Gasteiger partial charge on any atom is -0.483 e. The molecule has 0 aliphatic carbocycles. The van der Waals surface area contributed by atoms with Crippen LogP contribution < -0.4 is 4.74 Å². The highest BCUT2D eigenvalue weighted by atomic mass is 16.5. The molecule has 1 saturated heterocycles. The van der Waals surface area contributed by atoms with Gasteiger partial charge in [0.05, 0.1) is 33.0 Å². The molecule has 1 unspecified atom stereocenters. The Bertz CT molecular complexity index is 550. The zero-order valence-corrected chi connectivity index (χ0v) is 14.8. The van der Waals surface area contributed by atoms with Crippen molar-refractivity contribution in [2.45, 2.75) is 6.04 Å². The van der Waals surface area contributed by atoms with Crippen molar-refractivity contribution in [2.24, 2.45) is 7.05 Å². The zero-order chi connectivity index (χ0) is 18.8. The van der Waals surface area contributed by atoms with Gasteiger partial charge in [0.25, 0.3) is 12.4 Å². The second kappa shape index (κ2) is 10.6. The molecule has 10 nitrogen and oxygen atoms in total. The number of amides is 1. The van der Waals surface area contributed by atoms with Crippen LogP contribution in [0.15, 0.2) is 6.20 Å². The third-order valence-electron chi connectivity index (χ3n) is 3.71. The highest BCUT2D eigenvalue weighted by molar-refractivity contribution is 5.96. The summed E-state index contributed by atoms with van der Waals surface area (Å²) in [5.74, 6) is 0.233. The topological polar surface area (TPSA) is 117 Å². The number of morpholine rings is 1. The van der Waals surface area contributed by atoms with E-state index in [0.29, 0.717) is 44.3 Å². The third kappa shape index (κ3) is 6.00. The van der Waals surface area contributed by atoms with Crippen LogP contribution in [-0.2, 0) is 16.6 Å². The number of aryl methyl sites for hydroxylation is 1. The number of likely N-dealkylation sites (N-methyl/N-ethyl adjacent to an activating group) is 1. The summed E-state index contributed by atoms with van der Waals surface area (Å²) in [5, 5.41) is 20.0. The lowest BCUT2D eigenvalue weighted by Gasteiger charge is -2.37. The first-order valence-electron chi connectivity index (χ1n) is 7.82. The van der Waals surface area contributed by atoms with Crippen LogP contribution in [0.2, 0.25) is 0 Å². The molecule has 10 heteroatoms. The van der Waals surface area contributed by atoms with Crippen molar-refractivity contribution in [1.29, 1.82) is 0 Å². The van der Waals surface area contributed by atoms with Gasteiger partial charge in [-0.15, -0.1) is 5.10 Å². The lowest BCUT2D eigenvalue weighted by molar-refractivity contribution is -0.122. The van der Waals surface area contributed by atoms with Gasteiger partial charge < -0.3 is 29.5 Å². The van der Waals surface area contributed by atoms with E-state index in [1.54, 1.807) is 22.8 Å². The van der Waals surface area contributed by atoms with E-state index in [9.17, 15) is 4.79 Å². The van der Waals surface area contributed by atoms with Crippen molar-refractivity contribution in [2.75, 3.05) is 53.6 Å². The number of hydrogen-bond donors (Lipinski definition) is 2. The van der Waals surface area contributed by atoms with E-state index in [1.807, 2.05) is 11.9 Å². The van der Waals surface area contributed by atoms with E-state index < -0.39 is 0 Å². The van der Waals surface area contributed by atoms with Gasteiger partial charge in [-0.25, -0.2) is 0 Å². The molecule has 1 fully saturated rings. The van der Waals surface area contributed by atoms with E-state index in [-0.39, 0.29) is 25.0 Å². The molecule has 0 spiro atoms. The van der Waals surface area contributed by atoms with E-state index in [0.717, 1.165) is 0 Å². The average molecular weight is 358 g/mol. The molecule has 0 radical (unpaired) electrons. The standard InChI is InChI=1S/C14H24N4O4.CH2O2/c1-16(4-6-19)8-11-10-22-7-5-18(11)14(20)12-9-17(2)15-13(12)21-3;2-1-3/h9,11,19H,4-8,10H2,1-3H3;1H,(H,2,3). The Morgan fingerprint density at radius 2 is 2.28 bits per heavy atom. The van der Waals surface area contributed by atoms with Crippen LogP contribution >= 0.6 is 0 Å². The van der Waals surface area contributed by atoms with E-state index >= 15 is 0 Å². The Kier molecular flexibility index (Phi) is 8.89. The maximum absolute atomic E-state index is 12.8. The molecule has 25 heavy (non-hydrogen) atoms. The summed E-state index contributed by atoms with van der Waals surface area (Å²) in [5.41, 5.74) is 0.460. The Hall–Kier alpha value is -2.17. The highest BCUT2D eigenvalue weighted by Gasteiger charge is 2.31. The number of methoxy groups -OCH3 is 1. The monoisotopic (exact) mass is 358 g/mol. The summed E-state index contributed by atoms with van der Waals surface area (Å²) in [6.07, 6.45) is 1.67. The average Bonchev–Trinajstić information content (AvgIpc) is 2.96. The van der Waals surface area contributed by atoms with Gasteiger partial charge in [-0.1, -0.05) is 0 Å². The molecule has 1 aliphatic rings. The van der Waals surface area contributed by atoms with Crippen molar-refractivity contribution in [3.05, 3.63) is 11.8 Å². The molecule has 1 amide bonds. The van der Waals surface area contributed by atoms with Gasteiger partial charge in [0.1, 0.15) is 5.56 Å². The fourth-order valence-corrected chi connectivity index (χ4v) is 2.62. The number of hydrogen-bond acceptors (Lipinski definition) is 7. The first-order chi connectivity index (χ1) is 12.0. The highest BCUT2D eigenvalue weighted by Crippen LogP contribution is 2.20. The molecule has 1 atom stereocenters. The maximum Gasteiger partial charge on any atom is 0.290 e. The number of nitrogens with zero attached hydrogens (tertiary/aromatic N) is 4. The second-order valence-electron chi connectivity index (χ2n) is 5.54. The quantitative estimate of drug-likeness (QED) is 0.615. The molecule has 2 rings (SSSR count). The first-order valence-corrected chi connectivity index (χ1v) is 7.82. The number of carboxylic acid groups (broad SMARTS) is 1. The van der Waals surface area contributed by atoms with Crippen molar-refractivity contribution >= 4 is 12.4 Å². The Labute approximate surface area is 146 Å². The van der Waals surface area contributed by atoms with Gasteiger partial charge in [0.2, 0.25) is 5.88 Å². The molecular formula is C15H26N4O6. The van der Waals surface area contributed by atoms with Crippen molar-refractivity contribution < 1.29 is 29.3 Å². The number of rotatable bonds is 6. The van der Waals surface area contributed by atoms with Gasteiger partial charge in [-0.3, -0.25) is 14.3 Å². The predicted molar refractivity (Wildman–Crippen MR) is 88.7 cm³/mol. The van der Waals surface area contributed by atoms with Crippen LogP contribution in [0.4, 0.5) is 0 Å². The van der Waals surface area contributed by atoms with E-state index in [2.05, 4.69) is 5.10 Å². The fraction of sp³-hybridized carbons (Fsp3) is 0.667. The molecule has 1 aliphatic heterocycles. The number of aromatic nitrogens is 2. The number of carbonyl (C=O) groups excluding carboxylic acids is 1. The molecule has 1 aromatic heterocycles. The summed E-state index contributed by atoms with van der Waals surface area (Å²) >= 11 is 0. The lowest BCUT2D eigenvalue weighted by atomic mass is 10.1. The zero-order valence-electron chi connectivity index (χ0n) is 14.8. The van der Waals surface area contributed by atoms with Crippen molar-refractivity contribution in [3.63, 3.8) is 0 Å². The second-order valence-corrected chi connectivity index (χ2v) is 5.54. The summed E-state index contributed by atoms with van der Waals surface area (Å²) < 4.78 is 12.3. The minimum absolute atomic E-state index is 0.0530. The number of aliphatic hydroxyl groups excluding tert-OH is 1. The van der Waals surface area contributed by atoms with E-state index in [4.69, 9.17) is 24.5 Å². The summed E-state index contributed by atoms with van der Waals surface area (Å²) in [6.45, 7) is 2.60. The molecule has 0 saturated carbocycles. The number of aliphatic hydroxyl groups is 1. The molecular weight excluding hydrogens is 332 g/mol. The molecule has 1 aromatic rings. The first kappa shape index (κ1) is 20.9. The molecule has 142 valence electrons. The molecule has 0 aromatic carbocycles. The maximum atomic E-state index is 12.8. The van der Waals surface area contributed by atoms with Crippen molar-refractivity contribution in [1.82, 2.24) is 19.6 Å². The molecule has 2 heterocycles. The third-order valence-corrected chi connectivity index (χ3v) is 3.71. The van der Waals surface area contributed by atoms with Crippen LogP contribution in [0.25, 0.3) is 0 Å². The van der Waals surface area contributed by atoms with Gasteiger partial charge >= 0.3 is 0 Å². The Morgan fingerprint density at radius 3 is 2.88 bits per heavy atom.